The molecule has 2 aliphatic heterocycles. The number of hydrogen-bond acceptors (Lipinski definition) is 4. The van der Waals surface area contributed by atoms with Crippen LogP contribution in [0.4, 0.5) is 0 Å². The van der Waals surface area contributed by atoms with Crippen LogP contribution in [0, 0.1) is 11.3 Å². The maximum absolute atomic E-state index is 12.8. The van der Waals surface area contributed by atoms with Crippen molar-refractivity contribution < 1.29 is 14.3 Å². The minimum absolute atomic E-state index is 0.0425. The predicted molar refractivity (Wildman–Crippen MR) is 110 cm³/mol. The van der Waals surface area contributed by atoms with Gasteiger partial charge in [-0.3, -0.25) is 9.79 Å². The van der Waals surface area contributed by atoms with E-state index in [0.29, 0.717) is 25.2 Å². The van der Waals surface area contributed by atoms with Gasteiger partial charge < -0.3 is 24.6 Å². The molecule has 7 heteroatoms. The first kappa shape index (κ1) is 21.4. The summed E-state index contributed by atoms with van der Waals surface area (Å²) >= 11 is 0. The van der Waals surface area contributed by atoms with E-state index in [9.17, 15) is 4.79 Å². The number of hydrogen-bond donors (Lipinski definition) is 1. The molecule has 160 valence electrons. The molecule has 3 fully saturated rings. The highest BCUT2D eigenvalue weighted by Gasteiger charge is 2.58. The number of aliphatic imine (C=N–C) groups is 1. The Morgan fingerprint density at radius 3 is 2.32 bits per heavy atom. The molecule has 0 aromatic heterocycles. The maximum atomic E-state index is 12.8. The number of nitrogens with zero attached hydrogens (tertiary/aromatic N) is 3. The molecule has 0 bridgehead atoms. The van der Waals surface area contributed by atoms with E-state index in [1.165, 1.54) is 0 Å². The fourth-order valence-corrected chi connectivity index (χ4v) is 4.65. The molecule has 0 spiro atoms. The third kappa shape index (κ3) is 4.01. The molecule has 3 rings (SSSR count). The van der Waals surface area contributed by atoms with E-state index in [1.54, 1.807) is 7.11 Å². The zero-order valence-corrected chi connectivity index (χ0v) is 18.3. The lowest BCUT2D eigenvalue weighted by Crippen LogP contribution is -2.69. The van der Waals surface area contributed by atoms with Crippen molar-refractivity contribution in [2.45, 2.75) is 58.6 Å². The fraction of sp³-hybridized carbons (Fsp3) is 0.905. The molecule has 0 aromatic carbocycles. The molecule has 28 heavy (non-hydrogen) atoms. The zero-order valence-electron chi connectivity index (χ0n) is 18.3. The highest BCUT2D eigenvalue weighted by atomic mass is 16.5. The highest BCUT2D eigenvalue weighted by molar-refractivity contribution is 5.82. The van der Waals surface area contributed by atoms with Gasteiger partial charge in [0, 0.05) is 57.2 Å². The number of likely N-dealkylation sites (tertiary alicyclic amines) is 1. The van der Waals surface area contributed by atoms with Crippen LogP contribution in [0.1, 0.15) is 47.0 Å². The average molecular weight is 395 g/mol. The zero-order chi connectivity index (χ0) is 20.4. The van der Waals surface area contributed by atoms with Gasteiger partial charge in [0.05, 0.1) is 18.8 Å². The molecule has 2 saturated heterocycles. The molecule has 1 saturated carbocycles. The SMILES string of the molecule is CCN=C(NC1CC(C)(OC)C1(C)C)N1CCC(C(=O)N2CCOCC2)CC1. The Morgan fingerprint density at radius 2 is 1.79 bits per heavy atom. The van der Waals surface area contributed by atoms with Crippen LogP contribution in [0.2, 0.25) is 0 Å². The normalized spacial score (nSPS) is 31.5. The summed E-state index contributed by atoms with van der Waals surface area (Å²) in [5.74, 6) is 1.42. The molecule has 1 N–H and O–H groups in total. The van der Waals surface area contributed by atoms with Gasteiger partial charge in [-0.05, 0) is 33.1 Å². The predicted octanol–water partition coefficient (Wildman–Crippen LogP) is 1.73. The number of morpholine rings is 1. The van der Waals surface area contributed by atoms with E-state index in [0.717, 1.165) is 57.9 Å². The number of guanidine groups is 1. The third-order valence-electron chi connectivity index (χ3n) is 7.36. The first-order valence-corrected chi connectivity index (χ1v) is 10.8. The maximum Gasteiger partial charge on any atom is 0.225 e. The Morgan fingerprint density at radius 1 is 1.14 bits per heavy atom. The number of piperidine rings is 1. The number of carbonyl (C=O) groups excluding carboxylic acids is 1. The number of carbonyl (C=O) groups is 1. The van der Waals surface area contributed by atoms with Crippen LogP contribution in [0.3, 0.4) is 0 Å². The van der Waals surface area contributed by atoms with Crippen LogP contribution in [0.5, 0.6) is 0 Å². The molecular weight excluding hydrogens is 356 g/mol. The van der Waals surface area contributed by atoms with Gasteiger partial charge in [0.25, 0.3) is 0 Å². The lowest BCUT2D eigenvalue weighted by molar-refractivity contribution is -0.177. The van der Waals surface area contributed by atoms with Gasteiger partial charge >= 0.3 is 0 Å². The quantitative estimate of drug-likeness (QED) is 0.581. The largest absolute Gasteiger partial charge is 0.378 e. The van der Waals surface area contributed by atoms with Crippen molar-refractivity contribution in [1.29, 1.82) is 0 Å². The first-order valence-electron chi connectivity index (χ1n) is 10.8. The van der Waals surface area contributed by atoms with Gasteiger partial charge in [-0.1, -0.05) is 13.8 Å². The Kier molecular flexibility index (Phi) is 6.54. The van der Waals surface area contributed by atoms with Crippen LogP contribution in [0.15, 0.2) is 4.99 Å². The molecule has 1 aliphatic carbocycles. The second-order valence-electron chi connectivity index (χ2n) is 9.05. The molecular formula is C21H38N4O3. The van der Waals surface area contributed by atoms with Crippen LogP contribution >= 0.6 is 0 Å². The van der Waals surface area contributed by atoms with Crippen molar-refractivity contribution in [1.82, 2.24) is 15.1 Å². The van der Waals surface area contributed by atoms with Crippen molar-refractivity contribution in [3.63, 3.8) is 0 Å². The summed E-state index contributed by atoms with van der Waals surface area (Å²) in [5.41, 5.74) is -0.0551. The van der Waals surface area contributed by atoms with Crippen LogP contribution in [-0.2, 0) is 14.3 Å². The van der Waals surface area contributed by atoms with Gasteiger partial charge in [-0.15, -0.1) is 0 Å². The van der Waals surface area contributed by atoms with E-state index in [2.05, 4.69) is 37.9 Å². The summed E-state index contributed by atoms with van der Waals surface area (Å²) in [4.78, 5) is 21.8. The molecule has 7 nitrogen and oxygen atoms in total. The average Bonchev–Trinajstić information content (AvgIpc) is 2.72. The topological polar surface area (TPSA) is 66.4 Å². The Bertz CT molecular complexity index is 580. The smallest absolute Gasteiger partial charge is 0.225 e. The van der Waals surface area contributed by atoms with E-state index in [-0.39, 0.29) is 16.9 Å². The third-order valence-corrected chi connectivity index (χ3v) is 7.36. The molecule has 3 aliphatic rings. The van der Waals surface area contributed by atoms with E-state index in [4.69, 9.17) is 14.5 Å². The highest BCUT2D eigenvalue weighted by Crippen LogP contribution is 2.51. The number of amides is 1. The lowest BCUT2D eigenvalue weighted by Gasteiger charge is -2.59. The van der Waals surface area contributed by atoms with Crippen molar-refractivity contribution in [3.8, 4) is 0 Å². The molecule has 2 unspecified atom stereocenters. The monoisotopic (exact) mass is 394 g/mol. The molecule has 2 atom stereocenters. The fourth-order valence-electron chi connectivity index (χ4n) is 4.65. The van der Waals surface area contributed by atoms with Crippen LogP contribution < -0.4 is 5.32 Å². The Hall–Kier alpha value is -1.34. The van der Waals surface area contributed by atoms with Crippen molar-refractivity contribution in [2.24, 2.45) is 16.3 Å². The van der Waals surface area contributed by atoms with Gasteiger partial charge in [-0.2, -0.15) is 0 Å². The second-order valence-corrected chi connectivity index (χ2v) is 9.05. The van der Waals surface area contributed by atoms with Crippen LogP contribution in [0.25, 0.3) is 0 Å². The Labute approximate surface area is 169 Å². The summed E-state index contributed by atoms with van der Waals surface area (Å²) in [5, 5.41) is 3.70. The summed E-state index contributed by atoms with van der Waals surface area (Å²) < 4.78 is 11.1. The standard InChI is InChI=1S/C21H38N4O3/c1-6-22-19(23-17-15-21(4,27-5)20(17,2)3)25-9-7-16(8-10-25)18(26)24-11-13-28-14-12-24/h16-17H,6-15H2,1-5H3,(H,22,23). The van der Waals surface area contributed by atoms with E-state index >= 15 is 0 Å². The van der Waals surface area contributed by atoms with Gasteiger partial charge in [0.1, 0.15) is 0 Å². The summed E-state index contributed by atoms with van der Waals surface area (Å²) in [6.07, 6.45) is 2.76. The minimum atomic E-state index is -0.0977. The number of nitrogens with one attached hydrogen (secondary N) is 1. The molecule has 0 aromatic rings. The van der Waals surface area contributed by atoms with Crippen molar-refractivity contribution >= 4 is 11.9 Å². The first-order chi connectivity index (χ1) is 13.3. The number of rotatable bonds is 4. The number of methoxy groups -OCH3 is 1. The van der Waals surface area contributed by atoms with Gasteiger partial charge in [0.15, 0.2) is 5.96 Å². The molecule has 2 heterocycles. The van der Waals surface area contributed by atoms with E-state index < -0.39 is 0 Å². The van der Waals surface area contributed by atoms with Crippen molar-refractivity contribution in [3.05, 3.63) is 0 Å². The van der Waals surface area contributed by atoms with E-state index in [1.807, 2.05) is 4.90 Å². The summed E-state index contributed by atoms with van der Waals surface area (Å²) in [6.45, 7) is 14.1. The van der Waals surface area contributed by atoms with Gasteiger partial charge in [0.2, 0.25) is 5.91 Å². The van der Waals surface area contributed by atoms with Gasteiger partial charge in [-0.25, -0.2) is 0 Å². The molecule has 1 amide bonds. The van der Waals surface area contributed by atoms with Crippen LogP contribution in [-0.4, -0.2) is 86.4 Å². The lowest BCUT2D eigenvalue weighted by atomic mass is 9.56. The number of ether oxygens (including phenoxy) is 2. The summed E-state index contributed by atoms with van der Waals surface area (Å²) in [6, 6.07) is 0.343. The van der Waals surface area contributed by atoms with Crippen molar-refractivity contribution in [2.75, 3.05) is 53.0 Å². The molecule has 0 radical (unpaired) electrons. The minimum Gasteiger partial charge on any atom is -0.378 e. The summed E-state index contributed by atoms with van der Waals surface area (Å²) in [7, 11) is 1.80. The second kappa shape index (κ2) is 8.57. The Balaban J connectivity index is 1.55.